The molecule has 2 aliphatic heterocycles. The van der Waals surface area contributed by atoms with Crippen molar-refractivity contribution in [2.24, 2.45) is 12.5 Å². The van der Waals surface area contributed by atoms with Gasteiger partial charge in [0.1, 0.15) is 0 Å². The molecule has 0 amide bonds. The van der Waals surface area contributed by atoms with Gasteiger partial charge >= 0.3 is 0 Å². The van der Waals surface area contributed by atoms with Crippen LogP contribution < -0.4 is 0 Å². The van der Waals surface area contributed by atoms with Crippen molar-refractivity contribution >= 4 is 0 Å². The second-order valence-electron chi connectivity index (χ2n) is 7.21. The van der Waals surface area contributed by atoms with Crippen molar-refractivity contribution in [3.8, 4) is 0 Å². The van der Waals surface area contributed by atoms with E-state index < -0.39 is 0 Å². The van der Waals surface area contributed by atoms with Gasteiger partial charge in [-0.25, -0.2) is 0 Å². The van der Waals surface area contributed by atoms with Gasteiger partial charge in [0, 0.05) is 50.5 Å². The molecule has 2 saturated heterocycles. The molecule has 0 N–H and O–H groups in total. The van der Waals surface area contributed by atoms with Gasteiger partial charge in [-0.1, -0.05) is 0 Å². The molecule has 3 heterocycles. The molecule has 22 heavy (non-hydrogen) atoms. The zero-order valence-electron chi connectivity index (χ0n) is 14.1. The summed E-state index contributed by atoms with van der Waals surface area (Å²) in [6.07, 6.45) is 8.21. The highest BCUT2D eigenvalue weighted by Gasteiger charge is 2.46. The Morgan fingerprint density at radius 3 is 3.09 bits per heavy atom. The lowest BCUT2D eigenvalue weighted by molar-refractivity contribution is -0.159. The summed E-state index contributed by atoms with van der Waals surface area (Å²) in [6.45, 7) is 9.11. The number of aromatic nitrogens is 2. The molecule has 5 heteroatoms. The maximum absolute atomic E-state index is 6.10. The van der Waals surface area contributed by atoms with E-state index in [0.29, 0.717) is 6.10 Å². The van der Waals surface area contributed by atoms with Crippen molar-refractivity contribution in [3.05, 3.63) is 18.0 Å². The summed E-state index contributed by atoms with van der Waals surface area (Å²) in [5, 5.41) is 4.28. The van der Waals surface area contributed by atoms with Gasteiger partial charge < -0.3 is 9.47 Å². The first-order valence-corrected chi connectivity index (χ1v) is 8.50. The Kier molecular flexibility index (Phi) is 4.85. The minimum Gasteiger partial charge on any atom is -0.378 e. The van der Waals surface area contributed by atoms with Gasteiger partial charge in [0.05, 0.1) is 25.0 Å². The molecule has 0 radical (unpaired) electrons. The van der Waals surface area contributed by atoms with Crippen LogP contribution in [0.15, 0.2) is 12.4 Å². The third-order valence-corrected chi connectivity index (χ3v) is 4.94. The summed E-state index contributed by atoms with van der Waals surface area (Å²) in [5.74, 6) is 0. The third kappa shape index (κ3) is 3.53. The minimum atomic E-state index is 0.170. The van der Waals surface area contributed by atoms with E-state index in [0.717, 1.165) is 45.7 Å². The molecule has 0 aromatic carbocycles. The lowest BCUT2D eigenvalue weighted by atomic mass is 9.73. The van der Waals surface area contributed by atoms with Crippen molar-refractivity contribution in [2.45, 2.75) is 51.9 Å². The number of piperidine rings is 1. The van der Waals surface area contributed by atoms with Crippen LogP contribution in [0.3, 0.4) is 0 Å². The molecule has 0 aliphatic carbocycles. The summed E-state index contributed by atoms with van der Waals surface area (Å²) in [5.41, 5.74) is 1.46. The Morgan fingerprint density at radius 2 is 2.36 bits per heavy atom. The summed E-state index contributed by atoms with van der Waals surface area (Å²) >= 11 is 0. The molecule has 3 rings (SSSR count). The predicted molar refractivity (Wildman–Crippen MR) is 85.6 cm³/mol. The zero-order chi connectivity index (χ0) is 15.6. The second-order valence-corrected chi connectivity index (χ2v) is 7.21. The van der Waals surface area contributed by atoms with Crippen LogP contribution in [0.4, 0.5) is 0 Å². The fraction of sp³-hybridized carbons (Fsp3) is 0.824. The highest BCUT2D eigenvalue weighted by molar-refractivity contribution is 5.05. The van der Waals surface area contributed by atoms with E-state index in [9.17, 15) is 0 Å². The number of hydrogen-bond donors (Lipinski definition) is 0. The molecule has 0 saturated carbocycles. The van der Waals surface area contributed by atoms with E-state index in [2.05, 4.69) is 30.0 Å². The van der Waals surface area contributed by atoms with Crippen LogP contribution in [-0.4, -0.2) is 53.2 Å². The van der Waals surface area contributed by atoms with Gasteiger partial charge in [-0.2, -0.15) is 5.10 Å². The van der Waals surface area contributed by atoms with Crippen molar-refractivity contribution in [3.63, 3.8) is 0 Å². The predicted octanol–water partition coefficient (Wildman–Crippen LogP) is 2.22. The molecule has 124 valence electrons. The van der Waals surface area contributed by atoms with Crippen LogP contribution >= 0.6 is 0 Å². The van der Waals surface area contributed by atoms with Gasteiger partial charge in [0.2, 0.25) is 0 Å². The monoisotopic (exact) mass is 307 g/mol. The summed E-state index contributed by atoms with van der Waals surface area (Å²) < 4.78 is 14.0. The number of fused-ring (bicyclic) bond motifs is 1. The van der Waals surface area contributed by atoms with Crippen LogP contribution in [0.1, 0.15) is 38.7 Å². The van der Waals surface area contributed by atoms with Gasteiger partial charge in [-0.3, -0.25) is 9.58 Å². The van der Waals surface area contributed by atoms with Crippen molar-refractivity contribution < 1.29 is 9.47 Å². The summed E-state index contributed by atoms with van der Waals surface area (Å²) in [6, 6.07) is 0. The Bertz CT molecular complexity index is 488. The van der Waals surface area contributed by atoms with Gasteiger partial charge in [-0.15, -0.1) is 0 Å². The van der Waals surface area contributed by atoms with Crippen molar-refractivity contribution in [2.75, 3.05) is 26.3 Å². The standard InChI is InChI=1S/C17H29N3O2/c1-14(2)22-13-17-6-4-8-21-16(17)5-7-20(12-17)11-15-9-18-19(3)10-15/h9-10,14,16H,4-8,11-13H2,1-3H3/t16-,17-/m1/s1. The van der Waals surface area contributed by atoms with Gasteiger partial charge in [0.15, 0.2) is 0 Å². The number of nitrogens with zero attached hydrogens (tertiary/aromatic N) is 3. The van der Waals surface area contributed by atoms with E-state index in [1.807, 2.05) is 17.9 Å². The molecule has 2 fully saturated rings. The highest BCUT2D eigenvalue weighted by Crippen LogP contribution is 2.41. The molecule has 0 spiro atoms. The molecule has 0 unspecified atom stereocenters. The maximum atomic E-state index is 6.10. The number of aryl methyl sites for hydroxylation is 1. The molecule has 5 nitrogen and oxygen atoms in total. The fourth-order valence-electron chi connectivity index (χ4n) is 3.87. The van der Waals surface area contributed by atoms with E-state index in [4.69, 9.17) is 9.47 Å². The summed E-state index contributed by atoms with van der Waals surface area (Å²) in [4.78, 5) is 2.55. The Hall–Kier alpha value is -0.910. The van der Waals surface area contributed by atoms with E-state index in [1.165, 1.54) is 12.0 Å². The highest BCUT2D eigenvalue weighted by atomic mass is 16.5. The first kappa shape index (κ1) is 16.0. The Balaban J connectivity index is 1.68. The molecule has 1 aromatic heterocycles. The summed E-state index contributed by atoms with van der Waals surface area (Å²) in [7, 11) is 1.97. The van der Waals surface area contributed by atoms with Crippen LogP contribution in [-0.2, 0) is 23.1 Å². The Labute approximate surface area is 133 Å². The van der Waals surface area contributed by atoms with Crippen LogP contribution in [0.5, 0.6) is 0 Å². The largest absolute Gasteiger partial charge is 0.378 e. The quantitative estimate of drug-likeness (QED) is 0.836. The molecular formula is C17H29N3O2. The minimum absolute atomic E-state index is 0.170. The average molecular weight is 307 g/mol. The maximum Gasteiger partial charge on any atom is 0.0677 e. The number of hydrogen-bond acceptors (Lipinski definition) is 4. The number of ether oxygens (including phenoxy) is 2. The number of rotatable bonds is 5. The van der Waals surface area contributed by atoms with Crippen LogP contribution in [0.25, 0.3) is 0 Å². The van der Waals surface area contributed by atoms with Crippen LogP contribution in [0.2, 0.25) is 0 Å². The van der Waals surface area contributed by atoms with Gasteiger partial charge in [0.25, 0.3) is 0 Å². The molecular weight excluding hydrogens is 278 g/mol. The normalized spacial score (nSPS) is 29.7. The smallest absolute Gasteiger partial charge is 0.0677 e. The molecule has 1 aromatic rings. The SMILES string of the molecule is CC(C)OC[C@]12CCCO[C@@H]1CCN(Cc1cnn(C)c1)C2. The lowest BCUT2D eigenvalue weighted by Crippen LogP contribution is -2.56. The second kappa shape index (κ2) is 6.69. The zero-order valence-corrected chi connectivity index (χ0v) is 14.1. The van der Waals surface area contributed by atoms with E-state index in [1.54, 1.807) is 0 Å². The molecule has 2 atom stereocenters. The van der Waals surface area contributed by atoms with E-state index >= 15 is 0 Å². The van der Waals surface area contributed by atoms with Crippen LogP contribution in [0, 0.1) is 5.41 Å². The Morgan fingerprint density at radius 1 is 1.50 bits per heavy atom. The van der Waals surface area contributed by atoms with Gasteiger partial charge in [-0.05, 0) is 33.1 Å². The molecule has 2 aliphatic rings. The molecule has 0 bridgehead atoms. The first-order chi connectivity index (χ1) is 10.6. The van der Waals surface area contributed by atoms with E-state index in [-0.39, 0.29) is 11.5 Å². The van der Waals surface area contributed by atoms with Crippen molar-refractivity contribution in [1.82, 2.24) is 14.7 Å². The lowest BCUT2D eigenvalue weighted by Gasteiger charge is -2.50. The number of likely N-dealkylation sites (tertiary alicyclic amines) is 1. The fourth-order valence-corrected chi connectivity index (χ4v) is 3.87. The first-order valence-electron chi connectivity index (χ1n) is 8.50. The average Bonchev–Trinajstić information content (AvgIpc) is 2.90. The topological polar surface area (TPSA) is 39.5 Å². The van der Waals surface area contributed by atoms with Crippen molar-refractivity contribution in [1.29, 1.82) is 0 Å². The third-order valence-electron chi connectivity index (χ3n) is 4.94.